The maximum Gasteiger partial charge on any atom is 0.286 e. The first-order chi connectivity index (χ1) is 11.7. The lowest BCUT2D eigenvalue weighted by atomic mass is 10.2. The third-order valence-electron chi connectivity index (χ3n) is 3.12. The zero-order chi connectivity index (χ0) is 16.8. The first kappa shape index (κ1) is 16.1. The number of hydrogen-bond acceptors (Lipinski definition) is 6. The van der Waals surface area contributed by atoms with Crippen molar-refractivity contribution in [2.75, 3.05) is 18.2 Å². The summed E-state index contributed by atoms with van der Waals surface area (Å²) in [6, 6.07) is 16.7. The fourth-order valence-corrected chi connectivity index (χ4v) is 2.57. The highest BCUT2D eigenvalue weighted by atomic mass is 32.2. The topological polar surface area (TPSA) is 77.2 Å². The smallest absolute Gasteiger partial charge is 0.286 e. The molecule has 6 nitrogen and oxygen atoms in total. The quantitative estimate of drug-likeness (QED) is 0.692. The number of rotatable bonds is 6. The van der Waals surface area contributed by atoms with E-state index in [4.69, 9.17) is 9.26 Å². The van der Waals surface area contributed by atoms with Gasteiger partial charge in [-0.3, -0.25) is 4.79 Å². The lowest BCUT2D eigenvalue weighted by Crippen LogP contribution is -2.13. The van der Waals surface area contributed by atoms with Gasteiger partial charge in [-0.25, -0.2) is 0 Å². The number of amides is 1. The number of carbonyl (C=O) groups excluding carboxylic acids is 1. The molecule has 122 valence electrons. The number of thioether (sulfide) groups is 1. The third-order valence-corrected chi connectivity index (χ3v) is 3.94. The lowest BCUT2D eigenvalue weighted by molar-refractivity contribution is -0.113. The van der Waals surface area contributed by atoms with Gasteiger partial charge in [-0.1, -0.05) is 53.3 Å². The zero-order valence-electron chi connectivity index (χ0n) is 12.9. The molecule has 0 aliphatic heterocycles. The van der Waals surface area contributed by atoms with Crippen molar-refractivity contribution in [2.45, 2.75) is 5.22 Å². The van der Waals surface area contributed by atoms with Gasteiger partial charge in [0.1, 0.15) is 5.75 Å². The average Bonchev–Trinajstić information content (AvgIpc) is 3.10. The van der Waals surface area contributed by atoms with E-state index in [0.29, 0.717) is 22.5 Å². The Morgan fingerprint density at radius 3 is 2.83 bits per heavy atom. The minimum Gasteiger partial charge on any atom is -0.497 e. The van der Waals surface area contributed by atoms with E-state index in [0.717, 1.165) is 5.56 Å². The van der Waals surface area contributed by atoms with Crippen molar-refractivity contribution in [1.82, 2.24) is 10.1 Å². The molecule has 3 aromatic rings. The predicted octanol–water partition coefficient (Wildman–Crippen LogP) is 3.48. The van der Waals surface area contributed by atoms with Crippen LogP contribution in [0.5, 0.6) is 5.75 Å². The Hall–Kier alpha value is -2.80. The molecular weight excluding hydrogens is 326 g/mol. The van der Waals surface area contributed by atoms with Gasteiger partial charge < -0.3 is 14.6 Å². The minimum absolute atomic E-state index is 0.160. The minimum atomic E-state index is -0.160. The summed E-state index contributed by atoms with van der Waals surface area (Å²) in [5.41, 5.74) is 1.55. The number of ether oxygens (including phenoxy) is 1. The van der Waals surface area contributed by atoms with Gasteiger partial charge in [0.05, 0.1) is 12.9 Å². The standard InChI is InChI=1S/C17H15N3O3S/c1-22-14-9-5-8-13(10-14)18-15(21)11-24-17-19-16(20-23-17)12-6-3-2-4-7-12/h2-10H,11H2,1H3,(H,18,21). The molecule has 7 heteroatoms. The molecule has 0 atom stereocenters. The molecule has 0 bridgehead atoms. The van der Waals surface area contributed by atoms with Crippen molar-refractivity contribution in [3.8, 4) is 17.1 Å². The van der Waals surface area contributed by atoms with Crippen molar-refractivity contribution >= 4 is 23.4 Å². The van der Waals surface area contributed by atoms with Gasteiger partial charge in [-0.05, 0) is 12.1 Å². The number of anilines is 1. The second-order valence-electron chi connectivity index (χ2n) is 4.82. The number of aromatic nitrogens is 2. The summed E-state index contributed by atoms with van der Waals surface area (Å²) in [5.74, 6) is 1.21. The van der Waals surface area contributed by atoms with Crippen LogP contribution in [-0.2, 0) is 4.79 Å². The molecule has 1 heterocycles. The average molecular weight is 341 g/mol. The Balaban J connectivity index is 1.56. The molecule has 24 heavy (non-hydrogen) atoms. The predicted molar refractivity (Wildman–Crippen MR) is 92.1 cm³/mol. The fourth-order valence-electron chi connectivity index (χ4n) is 2.00. The Labute approximate surface area is 143 Å². The number of carbonyl (C=O) groups is 1. The molecule has 1 amide bonds. The van der Waals surface area contributed by atoms with Crippen molar-refractivity contribution in [3.05, 3.63) is 54.6 Å². The van der Waals surface area contributed by atoms with E-state index in [1.807, 2.05) is 42.5 Å². The molecule has 1 aromatic heterocycles. The van der Waals surface area contributed by atoms with E-state index >= 15 is 0 Å². The number of nitrogens with one attached hydrogen (secondary N) is 1. The van der Waals surface area contributed by atoms with Crippen molar-refractivity contribution < 1.29 is 14.1 Å². The number of methoxy groups -OCH3 is 1. The summed E-state index contributed by atoms with van der Waals surface area (Å²) in [7, 11) is 1.58. The molecule has 2 aromatic carbocycles. The summed E-state index contributed by atoms with van der Waals surface area (Å²) in [6.45, 7) is 0. The second kappa shape index (κ2) is 7.65. The van der Waals surface area contributed by atoms with Gasteiger partial charge in [-0.15, -0.1) is 0 Å². The molecule has 0 aliphatic rings. The van der Waals surface area contributed by atoms with Crippen LogP contribution in [-0.4, -0.2) is 28.9 Å². The van der Waals surface area contributed by atoms with E-state index in [2.05, 4.69) is 15.5 Å². The van der Waals surface area contributed by atoms with Crippen LogP contribution in [0.3, 0.4) is 0 Å². The highest BCUT2D eigenvalue weighted by Crippen LogP contribution is 2.22. The Bertz CT molecular complexity index is 821. The summed E-state index contributed by atoms with van der Waals surface area (Å²) in [6.07, 6.45) is 0. The van der Waals surface area contributed by atoms with Gasteiger partial charge in [0.25, 0.3) is 5.22 Å². The molecule has 0 spiro atoms. The van der Waals surface area contributed by atoms with Crippen LogP contribution in [0.4, 0.5) is 5.69 Å². The molecule has 0 unspecified atom stereocenters. The van der Waals surface area contributed by atoms with Crippen LogP contribution in [0.15, 0.2) is 64.3 Å². The number of hydrogen-bond donors (Lipinski definition) is 1. The van der Waals surface area contributed by atoms with Gasteiger partial charge in [0, 0.05) is 17.3 Å². The molecule has 0 radical (unpaired) electrons. The van der Waals surface area contributed by atoms with Crippen LogP contribution < -0.4 is 10.1 Å². The first-order valence-electron chi connectivity index (χ1n) is 7.20. The molecule has 0 saturated heterocycles. The highest BCUT2D eigenvalue weighted by Gasteiger charge is 2.11. The van der Waals surface area contributed by atoms with Crippen LogP contribution in [0.25, 0.3) is 11.4 Å². The van der Waals surface area contributed by atoms with E-state index in [1.54, 1.807) is 19.2 Å². The van der Waals surface area contributed by atoms with E-state index in [1.165, 1.54) is 11.8 Å². The molecular formula is C17H15N3O3S. The van der Waals surface area contributed by atoms with Gasteiger partial charge in [-0.2, -0.15) is 4.98 Å². The molecule has 0 aliphatic carbocycles. The van der Waals surface area contributed by atoms with Crippen LogP contribution >= 0.6 is 11.8 Å². The highest BCUT2D eigenvalue weighted by molar-refractivity contribution is 7.99. The number of benzene rings is 2. The van der Waals surface area contributed by atoms with Crippen LogP contribution in [0, 0.1) is 0 Å². The van der Waals surface area contributed by atoms with Crippen molar-refractivity contribution in [2.24, 2.45) is 0 Å². The Morgan fingerprint density at radius 1 is 1.21 bits per heavy atom. The van der Waals surface area contributed by atoms with Crippen molar-refractivity contribution in [3.63, 3.8) is 0 Å². The normalized spacial score (nSPS) is 10.4. The van der Waals surface area contributed by atoms with Gasteiger partial charge in [0.15, 0.2) is 0 Å². The maximum absolute atomic E-state index is 12.0. The Kier molecular flexibility index (Phi) is 5.12. The maximum atomic E-state index is 12.0. The summed E-state index contributed by atoms with van der Waals surface area (Å²) in [5, 5.41) is 7.07. The second-order valence-corrected chi connectivity index (χ2v) is 5.75. The molecule has 3 rings (SSSR count). The molecule has 0 saturated carbocycles. The summed E-state index contributed by atoms with van der Waals surface area (Å²) >= 11 is 1.19. The molecule has 0 fully saturated rings. The first-order valence-corrected chi connectivity index (χ1v) is 8.19. The van der Waals surface area contributed by atoms with E-state index in [-0.39, 0.29) is 11.7 Å². The SMILES string of the molecule is COc1cccc(NC(=O)CSc2nc(-c3ccccc3)no2)c1. The van der Waals surface area contributed by atoms with Gasteiger partial charge in [0.2, 0.25) is 11.7 Å². The van der Waals surface area contributed by atoms with Crippen molar-refractivity contribution in [1.29, 1.82) is 0 Å². The fraction of sp³-hybridized carbons (Fsp3) is 0.118. The molecule has 1 N–H and O–H groups in total. The zero-order valence-corrected chi connectivity index (χ0v) is 13.7. The van der Waals surface area contributed by atoms with E-state index in [9.17, 15) is 4.79 Å². The van der Waals surface area contributed by atoms with Crippen LogP contribution in [0.2, 0.25) is 0 Å². The largest absolute Gasteiger partial charge is 0.497 e. The third kappa shape index (κ3) is 4.14. The summed E-state index contributed by atoms with van der Waals surface area (Å²) < 4.78 is 10.3. The Morgan fingerprint density at radius 2 is 2.04 bits per heavy atom. The van der Waals surface area contributed by atoms with Crippen LogP contribution in [0.1, 0.15) is 0 Å². The summed E-state index contributed by atoms with van der Waals surface area (Å²) in [4.78, 5) is 16.3. The number of nitrogens with zero attached hydrogens (tertiary/aromatic N) is 2. The van der Waals surface area contributed by atoms with E-state index < -0.39 is 0 Å². The van der Waals surface area contributed by atoms with Gasteiger partial charge >= 0.3 is 0 Å². The monoisotopic (exact) mass is 341 g/mol. The lowest BCUT2D eigenvalue weighted by Gasteiger charge is -2.05.